The summed E-state index contributed by atoms with van der Waals surface area (Å²) in [6.45, 7) is 6.23. The van der Waals surface area contributed by atoms with Gasteiger partial charge in [0.05, 0.1) is 33.0 Å². The number of hydrogen-bond acceptors (Lipinski definition) is 7. The number of nitrogens with zero attached hydrogens (tertiary/aromatic N) is 1. The second kappa shape index (κ2) is 16.0. The lowest BCUT2D eigenvalue weighted by Gasteiger charge is -2.13. The molecule has 0 radical (unpaired) electrons. The average Bonchev–Trinajstić information content (AvgIpc) is 3.00. The number of ether oxygens (including phenoxy) is 4. The van der Waals surface area contributed by atoms with Crippen molar-refractivity contribution in [2.45, 2.75) is 32.6 Å². The van der Waals surface area contributed by atoms with Crippen LogP contribution in [-0.2, 0) is 28.5 Å². The molecule has 1 heterocycles. The molecule has 0 aromatic rings. The molecule has 0 atom stereocenters. The summed E-state index contributed by atoms with van der Waals surface area (Å²) >= 11 is 0. The van der Waals surface area contributed by atoms with Crippen LogP contribution in [0.2, 0.25) is 0 Å². The van der Waals surface area contributed by atoms with Crippen LogP contribution in [0, 0.1) is 0 Å². The van der Waals surface area contributed by atoms with Gasteiger partial charge in [0.15, 0.2) is 0 Å². The van der Waals surface area contributed by atoms with Gasteiger partial charge in [-0.25, -0.2) is 4.79 Å². The fraction of sp³-hybridized carbons (Fsp3) is 0.737. The van der Waals surface area contributed by atoms with Gasteiger partial charge < -0.3 is 24.3 Å². The summed E-state index contributed by atoms with van der Waals surface area (Å²) in [7, 11) is 0. The van der Waals surface area contributed by atoms with E-state index in [1.54, 1.807) is 0 Å². The Kier molecular flexibility index (Phi) is 13.8. The smallest absolute Gasteiger partial charge is 0.407 e. The largest absolute Gasteiger partial charge is 0.450 e. The maximum atomic E-state index is 11.3. The van der Waals surface area contributed by atoms with Crippen molar-refractivity contribution in [2.24, 2.45) is 0 Å². The minimum Gasteiger partial charge on any atom is -0.450 e. The molecule has 0 saturated carbocycles. The summed E-state index contributed by atoms with van der Waals surface area (Å²) < 4.78 is 21.1. The molecule has 9 nitrogen and oxygen atoms in total. The Morgan fingerprint density at radius 2 is 1.43 bits per heavy atom. The molecule has 0 aromatic heterocycles. The molecular weight excluding hydrogens is 368 g/mol. The molecule has 0 saturated heterocycles. The normalized spacial score (nSPS) is 13.4. The molecule has 9 heteroatoms. The van der Waals surface area contributed by atoms with Gasteiger partial charge in [-0.15, -0.1) is 0 Å². The van der Waals surface area contributed by atoms with Crippen molar-refractivity contribution in [3.63, 3.8) is 0 Å². The number of unbranched alkanes of at least 4 members (excludes halogenated alkanes) is 1. The zero-order valence-corrected chi connectivity index (χ0v) is 16.7. The van der Waals surface area contributed by atoms with Crippen LogP contribution in [0.25, 0.3) is 0 Å². The Labute approximate surface area is 166 Å². The van der Waals surface area contributed by atoms with Crippen LogP contribution in [0.4, 0.5) is 4.79 Å². The van der Waals surface area contributed by atoms with Gasteiger partial charge in [-0.05, 0) is 19.3 Å². The zero-order valence-electron chi connectivity index (χ0n) is 16.7. The third-order valence-electron chi connectivity index (χ3n) is 3.78. The summed E-state index contributed by atoms with van der Waals surface area (Å²) in [6, 6.07) is 0. The van der Waals surface area contributed by atoms with Crippen LogP contribution >= 0.6 is 0 Å². The minimum atomic E-state index is -0.382. The molecule has 0 fully saturated rings. The fourth-order valence-corrected chi connectivity index (χ4v) is 2.24. The van der Waals surface area contributed by atoms with E-state index >= 15 is 0 Å². The Bertz CT molecular complexity index is 479. The standard InChI is InChI=1S/C19H32N2O7/c1-2-3-12-28-19(24)20-8-4-10-25-13-15-27-16-14-26-11-5-9-21-17(22)6-7-18(21)23/h6-7H,2-5,8-16H2,1H3,(H,20,24). The van der Waals surface area contributed by atoms with E-state index < -0.39 is 0 Å². The fourth-order valence-electron chi connectivity index (χ4n) is 2.24. The van der Waals surface area contributed by atoms with Crippen molar-refractivity contribution in [3.8, 4) is 0 Å². The van der Waals surface area contributed by atoms with Crippen LogP contribution in [0.15, 0.2) is 12.2 Å². The molecule has 1 N–H and O–H groups in total. The van der Waals surface area contributed by atoms with Gasteiger partial charge in [-0.2, -0.15) is 0 Å². The number of amides is 3. The average molecular weight is 400 g/mol. The number of hydrogen-bond donors (Lipinski definition) is 1. The van der Waals surface area contributed by atoms with E-state index in [4.69, 9.17) is 18.9 Å². The van der Waals surface area contributed by atoms with E-state index in [1.807, 2.05) is 6.92 Å². The summed E-state index contributed by atoms with van der Waals surface area (Å²) in [5.41, 5.74) is 0. The van der Waals surface area contributed by atoms with Crippen LogP contribution < -0.4 is 5.32 Å². The summed E-state index contributed by atoms with van der Waals surface area (Å²) in [6.07, 6.45) is 5.35. The number of alkyl carbamates (subject to hydrolysis) is 1. The van der Waals surface area contributed by atoms with Crippen LogP contribution in [0.3, 0.4) is 0 Å². The van der Waals surface area contributed by atoms with Crippen molar-refractivity contribution < 1.29 is 33.3 Å². The Balaban J connectivity index is 1.76. The zero-order chi connectivity index (χ0) is 20.5. The highest BCUT2D eigenvalue weighted by molar-refractivity contribution is 6.12. The maximum Gasteiger partial charge on any atom is 0.407 e. The molecule has 0 spiro atoms. The lowest BCUT2D eigenvalue weighted by molar-refractivity contribution is -0.137. The van der Waals surface area contributed by atoms with Gasteiger partial charge in [0.1, 0.15) is 0 Å². The van der Waals surface area contributed by atoms with Crippen molar-refractivity contribution in [1.82, 2.24) is 10.2 Å². The SMILES string of the molecule is CCCCOC(=O)NCCCOCCOCCOCCCN1C(=O)C=CC1=O. The third-order valence-corrected chi connectivity index (χ3v) is 3.78. The Morgan fingerprint density at radius 1 is 0.857 bits per heavy atom. The Hall–Kier alpha value is -1.97. The van der Waals surface area contributed by atoms with E-state index in [9.17, 15) is 14.4 Å². The molecule has 0 aromatic carbocycles. The number of carbonyl (C=O) groups is 3. The number of carbonyl (C=O) groups excluding carboxylic acids is 3. The summed E-state index contributed by atoms with van der Waals surface area (Å²) in [4.78, 5) is 35.1. The maximum absolute atomic E-state index is 11.3. The van der Waals surface area contributed by atoms with Crippen LogP contribution in [0.1, 0.15) is 32.6 Å². The molecule has 28 heavy (non-hydrogen) atoms. The van der Waals surface area contributed by atoms with Crippen molar-refractivity contribution in [3.05, 3.63) is 12.2 Å². The highest BCUT2D eigenvalue weighted by Gasteiger charge is 2.22. The minimum absolute atomic E-state index is 0.268. The van der Waals surface area contributed by atoms with Gasteiger partial charge in [-0.1, -0.05) is 13.3 Å². The molecule has 1 aliphatic heterocycles. The van der Waals surface area contributed by atoms with Gasteiger partial charge in [0, 0.05) is 38.5 Å². The van der Waals surface area contributed by atoms with E-state index in [1.165, 1.54) is 17.1 Å². The molecule has 1 rings (SSSR count). The molecule has 0 unspecified atom stereocenters. The lowest BCUT2D eigenvalue weighted by atomic mass is 10.4. The highest BCUT2D eigenvalue weighted by Crippen LogP contribution is 2.04. The number of rotatable bonds is 17. The predicted octanol–water partition coefficient (Wildman–Crippen LogP) is 1.27. The van der Waals surface area contributed by atoms with E-state index in [2.05, 4.69) is 5.32 Å². The topological polar surface area (TPSA) is 103 Å². The van der Waals surface area contributed by atoms with Crippen LogP contribution in [-0.4, -0.2) is 82.1 Å². The Morgan fingerprint density at radius 3 is 2.04 bits per heavy atom. The number of imide groups is 1. The first-order valence-corrected chi connectivity index (χ1v) is 9.82. The van der Waals surface area contributed by atoms with Crippen molar-refractivity contribution in [2.75, 3.05) is 59.3 Å². The molecule has 0 bridgehead atoms. The van der Waals surface area contributed by atoms with Gasteiger partial charge in [0.25, 0.3) is 11.8 Å². The van der Waals surface area contributed by atoms with E-state index in [0.29, 0.717) is 72.2 Å². The molecular formula is C19H32N2O7. The molecule has 0 aliphatic carbocycles. The van der Waals surface area contributed by atoms with E-state index in [0.717, 1.165) is 12.8 Å². The second-order valence-electron chi connectivity index (χ2n) is 6.12. The lowest BCUT2D eigenvalue weighted by Crippen LogP contribution is -2.31. The first kappa shape index (κ1) is 24.1. The second-order valence-corrected chi connectivity index (χ2v) is 6.12. The quantitative estimate of drug-likeness (QED) is 0.290. The molecule has 3 amide bonds. The van der Waals surface area contributed by atoms with Gasteiger partial charge in [0.2, 0.25) is 0 Å². The highest BCUT2D eigenvalue weighted by atomic mass is 16.6. The van der Waals surface area contributed by atoms with Crippen molar-refractivity contribution >= 4 is 17.9 Å². The molecule has 160 valence electrons. The van der Waals surface area contributed by atoms with Gasteiger partial charge >= 0.3 is 6.09 Å². The van der Waals surface area contributed by atoms with Crippen LogP contribution in [0.5, 0.6) is 0 Å². The number of nitrogens with one attached hydrogen (secondary N) is 1. The third kappa shape index (κ3) is 11.7. The predicted molar refractivity (Wildman–Crippen MR) is 102 cm³/mol. The first-order chi connectivity index (χ1) is 13.6. The van der Waals surface area contributed by atoms with Crippen molar-refractivity contribution in [1.29, 1.82) is 0 Å². The molecule has 1 aliphatic rings. The van der Waals surface area contributed by atoms with Gasteiger partial charge in [-0.3, -0.25) is 14.5 Å². The monoisotopic (exact) mass is 400 g/mol. The first-order valence-electron chi connectivity index (χ1n) is 9.82. The van der Waals surface area contributed by atoms with E-state index in [-0.39, 0.29) is 17.9 Å². The summed E-state index contributed by atoms with van der Waals surface area (Å²) in [5, 5.41) is 2.67. The summed E-state index contributed by atoms with van der Waals surface area (Å²) in [5.74, 6) is -0.535.